The fourth-order valence-electron chi connectivity index (χ4n) is 6.79. The van der Waals surface area contributed by atoms with Gasteiger partial charge in [0.25, 0.3) is 0 Å². The van der Waals surface area contributed by atoms with Gasteiger partial charge in [0.05, 0.1) is 13.2 Å². The second-order valence-corrected chi connectivity index (χ2v) is 21.6. The van der Waals surface area contributed by atoms with E-state index in [0.29, 0.717) is 23.6 Å². The molecule has 0 saturated carbocycles. The second-order valence-electron chi connectivity index (χ2n) is 12.7. The van der Waals surface area contributed by atoms with Gasteiger partial charge in [-0.15, -0.1) is 0 Å². The third-order valence-electron chi connectivity index (χ3n) is 8.71. The molecule has 5 heterocycles. The van der Waals surface area contributed by atoms with E-state index in [4.69, 9.17) is 27.4 Å². The van der Waals surface area contributed by atoms with Crippen molar-refractivity contribution in [1.29, 1.82) is 0 Å². The first-order valence-electron chi connectivity index (χ1n) is 14.8. The highest BCUT2D eigenvalue weighted by molar-refractivity contribution is 6.84. The fraction of sp³-hybridized carbons (Fsp3) is 0.778. The summed E-state index contributed by atoms with van der Waals surface area (Å²) in [5.41, 5.74) is 0.0558. The molecule has 1 amide bonds. The van der Waals surface area contributed by atoms with Gasteiger partial charge in [0.15, 0.2) is 17.4 Å². The van der Waals surface area contributed by atoms with Crippen molar-refractivity contribution in [3.63, 3.8) is 0 Å². The number of carbonyl (C=O) groups is 1. The molecule has 0 unspecified atom stereocenters. The molecule has 2 aromatic heterocycles. The first-order chi connectivity index (χ1) is 19.2. The number of aromatic nitrogens is 4. The van der Waals surface area contributed by atoms with Crippen LogP contribution < -0.4 is 10.1 Å². The van der Waals surface area contributed by atoms with E-state index in [1.165, 1.54) is 6.92 Å². The Hall–Kier alpha value is -1.95. The molecular formula is C27H45N5O7Si2. The zero-order chi connectivity index (χ0) is 30.1. The number of imidazole rings is 1. The Morgan fingerprint density at radius 1 is 1.07 bits per heavy atom. The maximum absolute atomic E-state index is 12.4. The first-order valence-corrected chi connectivity index (χ1v) is 18.7. The van der Waals surface area contributed by atoms with Crippen LogP contribution in [0, 0.1) is 0 Å². The third kappa shape index (κ3) is 4.66. The van der Waals surface area contributed by atoms with Crippen molar-refractivity contribution in [2.75, 3.05) is 18.5 Å². The molecule has 0 aromatic carbocycles. The Bertz CT molecular complexity index is 1300. The number of nitrogens with zero attached hydrogens (tertiary/aromatic N) is 4. The van der Waals surface area contributed by atoms with Crippen molar-refractivity contribution in [2.45, 2.75) is 122 Å². The lowest BCUT2D eigenvalue weighted by atomic mass is 9.93. The third-order valence-corrected chi connectivity index (χ3v) is 18.9. The summed E-state index contributed by atoms with van der Waals surface area (Å²) in [5.74, 6) is 0.638. The van der Waals surface area contributed by atoms with Gasteiger partial charge in [0, 0.05) is 13.3 Å². The van der Waals surface area contributed by atoms with E-state index in [2.05, 4.69) is 70.7 Å². The summed E-state index contributed by atoms with van der Waals surface area (Å²) in [4.78, 5) is 25.6. The van der Waals surface area contributed by atoms with Crippen molar-refractivity contribution in [3.05, 3.63) is 5.82 Å². The lowest BCUT2D eigenvalue weighted by Crippen LogP contribution is -2.67. The van der Waals surface area contributed by atoms with Crippen LogP contribution in [0.4, 0.5) is 5.95 Å². The number of anilines is 1. The molecule has 14 heteroatoms. The molecule has 41 heavy (non-hydrogen) atoms. The predicted octanol–water partition coefficient (Wildman–Crippen LogP) is 4.32. The zero-order valence-corrected chi connectivity index (χ0v) is 27.8. The van der Waals surface area contributed by atoms with E-state index in [1.807, 2.05) is 6.92 Å². The van der Waals surface area contributed by atoms with Crippen LogP contribution in [0.2, 0.25) is 22.2 Å². The number of ether oxygens (including phenoxy) is 2. The fourth-order valence-corrected chi connectivity index (χ4v) is 18.0. The van der Waals surface area contributed by atoms with Crippen molar-refractivity contribution < 1.29 is 32.3 Å². The van der Waals surface area contributed by atoms with Crippen LogP contribution in [0.3, 0.4) is 0 Å². The summed E-state index contributed by atoms with van der Waals surface area (Å²) in [5, 5.41) is 15.1. The van der Waals surface area contributed by atoms with Crippen molar-refractivity contribution in [2.24, 2.45) is 0 Å². The van der Waals surface area contributed by atoms with Crippen LogP contribution in [-0.4, -0.2) is 78.7 Å². The molecule has 0 spiro atoms. The highest BCUT2D eigenvalue weighted by Gasteiger charge is 2.68. The van der Waals surface area contributed by atoms with E-state index in [1.54, 1.807) is 4.57 Å². The van der Waals surface area contributed by atoms with Gasteiger partial charge >= 0.3 is 17.1 Å². The standard InChI is InChI=1S/C27H45N5O7Si2/c1-11-35-24-21-23(30-26(31-24)28-18(10)33)32-20(29-21)12-27(34)22-19(37-25(27)32)13-36-40(14(2)3,15(4)5)39-41(38-22,16(6)7)17(8)9/h14-17,19,22,25,34H,11-13H2,1-10H3,(H,28,30,31,33)/t19-,22-,25-,27-/m1/s1. The van der Waals surface area contributed by atoms with Crippen LogP contribution in [0.25, 0.3) is 11.2 Å². The van der Waals surface area contributed by atoms with E-state index in [0.717, 1.165) is 0 Å². The lowest BCUT2D eigenvalue weighted by Gasteiger charge is -2.52. The molecule has 2 aromatic rings. The van der Waals surface area contributed by atoms with Crippen LogP contribution in [0.1, 0.15) is 81.3 Å². The number of aliphatic hydroxyl groups is 1. The van der Waals surface area contributed by atoms with Crippen LogP contribution in [0.15, 0.2) is 0 Å². The van der Waals surface area contributed by atoms with E-state index < -0.39 is 41.2 Å². The summed E-state index contributed by atoms with van der Waals surface area (Å²) in [7, 11) is -5.75. The maximum Gasteiger partial charge on any atom is 0.335 e. The number of hydrogen-bond donors (Lipinski definition) is 2. The Balaban J connectivity index is 1.62. The molecule has 0 radical (unpaired) electrons. The summed E-state index contributed by atoms with van der Waals surface area (Å²) >= 11 is 0. The van der Waals surface area contributed by atoms with E-state index in [-0.39, 0.29) is 52.9 Å². The number of rotatable bonds is 7. The normalized spacial score (nSPS) is 28.6. The van der Waals surface area contributed by atoms with Crippen molar-refractivity contribution in [1.82, 2.24) is 19.5 Å². The molecule has 12 nitrogen and oxygen atoms in total. The minimum atomic E-state index is -2.98. The van der Waals surface area contributed by atoms with Crippen LogP contribution >= 0.6 is 0 Å². The van der Waals surface area contributed by atoms with E-state index in [9.17, 15) is 9.90 Å². The van der Waals surface area contributed by atoms with Gasteiger partial charge in [-0.1, -0.05) is 55.4 Å². The number of hydrogen-bond acceptors (Lipinski definition) is 10. The summed E-state index contributed by atoms with van der Waals surface area (Å²) in [6, 6.07) is 0. The Morgan fingerprint density at radius 2 is 1.71 bits per heavy atom. The number of nitrogens with one attached hydrogen (secondary N) is 1. The smallest absolute Gasteiger partial charge is 0.335 e. The molecule has 0 bridgehead atoms. The molecular weight excluding hydrogens is 562 g/mol. The average Bonchev–Trinajstić information content (AvgIpc) is 3.42. The average molecular weight is 608 g/mol. The quantitative estimate of drug-likeness (QED) is 0.437. The van der Waals surface area contributed by atoms with Gasteiger partial charge in [-0.3, -0.25) is 14.7 Å². The van der Waals surface area contributed by atoms with Gasteiger partial charge in [-0.25, -0.2) is 4.98 Å². The molecule has 228 valence electrons. The highest BCUT2D eigenvalue weighted by atomic mass is 28.5. The Morgan fingerprint density at radius 3 is 2.27 bits per heavy atom. The van der Waals surface area contributed by atoms with Gasteiger partial charge in [0.2, 0.25) is 17.7 Å². The number of carbonyl (C=O) groups excluding carboxylic acids is 1. The monoisotopic (exact) mass is 607 g/mol. The Kier molecular flexibility index (Phi) is 7.92. The Labute approximate surface area is 244 Å². The number of amides is 1. The van der Waals surface area contributed by atoms with Gasteiger partial charge in [-0.05, 0) is 29.1 Å². The highest BCUT2D eigenvalue weighted by Crippen LogP contribution is 2.54. The van der Waals surface area contributed by atoms with Crippen LogP contribution in [0.5, 0.6) is 5.88 Å². The molecule has 4 atom stereocenters. The minimum Gasteiger partial charge on any atom is -0.476 e. The molecule has 2 saturated heterocycles. The van der Waals surface area contributed by atoms with Crippen molar-refractivity contribution >= 4 is 40.1 Å². The molecule has 3 aliphatic heterocycles. The lowest BCUT2D eigenvalue weighted by molar-refractivity contribution is -0.114. The molecule has 3 aliphatic rings. The predicted molar refractivity (Wildman–Crippen MR) is 157 cm³/mol. The zero-order valence-electron chi connectivity index (χ0n) is 25.8. The maximum atomic E-state index is 12.4. The molecule has 2 fully saturated rings. The molecule has 0 aliphatic carbocycles. The number of fused-ring (bicyclic) bond motifs is 7. The second kappa shape index (κ2) is 10.6. The topological polar surface area (TPSA) is 139 Å². The summed E-state index contributed by atoms with van der Waals surface area (Å²) in [6.07, 6.45) is -1.84. The molecule has 2 N–H and O–H groups in total. The van der Waals surface area contributed by atoms with Crippen LogP contribution in [-0.2, 0) is 28.9 Å². The van der Waals surface area contributed by atoms with Gasteiger partial charge in [0.1, 0.15) is 23.6 Å². The summed E-state index contributed by atoms with van der Waals surface area (Å²) in [6.45, 7) is 21.2. The van der Waals surface area contributed by atoms with Gasteiger partial charge < -0.3 is 27.5 Å². The molecule has 5 rings (SSSR count). The van der Waals surface area contributed by atoms with E-state index >= 15 is 0 Å². The van der Waals surface area contributed by atoms with Crippen molar-refractivity contribution in [3.8, 4) is 5.88 Å². The van der Waals surface area contributed by atoms with Gasteiger partial charge in [-0.2, -0.15) is 9.97 Å². The summed E-state index contributed by atoms with van der Waals surface area (Å²) < 4.78 is 35.6. The SMILES string of the molecule is CCOc1nc(NC(C)=O)nc2c1nc1n2[C@@H]2O[C@@H]3CO[Si](C(C)C)(C(C)C)O[Si](C(C)C)(C(C)C)O[C@H]3[C@]2(O)C1. The first kappa shape index (κ1) is 30.5. The largest absolute Gasteiger partial charge is 0.476 e. The minimum absolute atomic E-state index is 0.0966.